The Labute approximate surface area is 205 Å². The Morgan fingerprint density at radius 1 is 1.17 bits per heavy atom. The van der Waals surface area contributed by atoms with Crippen LogP contribution in [0.15, 0.2) is 36.7 Å². The van der Waals surface area contributed by atoms with Gasteiger partial charge in [-0.3, -0.25) is 14.5 Å². The maximum atomic E-state index is 13.8. The van der Waals surface area contributed by atoms with Crippen molar-refractivity contribution in [3.63, 3.8) is 0 Å². The Bertz CT molecular complexity index is 1230. The van der Waals surface area contributed by atoms with E-state index in [2.05, 4.69) is 20.4 Å². The molecule has 3 atom stereocenters. The lowest BCUT2D eigenvalue weighted by Crippen LogP contribution is -2.58. The molecule has 0 aromatic carbocycles. The fourth-order valence-electron chi connectivity index (χ4n) is 4.28. The van der Waals surface area contributed by atoms with E-state index >= 15 is 0 Å². The van der Waals surface area contributed by atoms with E-state index in [4.69, 9.17) is 4.74 Å². The van der Waals surface area contributed by atoms with E-state index in [1.165, 1.54) is 18.2 Å². The Kier molecular flexibility index (Phi) is 6.98. The van der Waals surface area contributed by atoms with Crippen LogP contribution in [-0.2, 0) is 18.0 Å². The molecule has 1 aliphatic rings. The molecule has 0 unspecified atom stereocenters. The first-order valence-electron chi connectivity index (χ1n) is 11.3. The normalized spacial score (nSPS) is 20.4. The summed E-state index contributed by atoms with van der Waals surface area (Å²) < 4.78 is 59.5. The van der Waals surface area contributed by atoms with Gasteiger partial charge in [-0.2, -0.15) is 18.3 Å². The number of nitrogens with zero attached hydrogens (tertiary/aromatic N) is 5. The number of aromatic nitrogens is 4. The molecular formula is C24H26F4N6O2. The second-order valence-electron chi connectivity index (χ2n) is 8.78. The zero-order valence-electron chi connectivity index (χ0n) is 20.2. The molecule has 4 heterocycles. The molecule has 0 saturated carbocycles. The highest BCUT2D eigenvalue weighted by molar-refractivity contribution is 5.99. The fraction of sp³-hybridized carbons (Fsp3) is 0.417. The lowest BCUT2D eigenvalue weighted by molar-refractivity contribution is -0.137. The van der Waals surface area contributed by atoms with Crippen LogP contribution in [0.5, 0.6) is 0 Å². The number of aryl methyl sites for hydroxylation is 1. The molecule has 3 aromatic heterocycles. The number of amides is 1. The number of carbonyl (C=O) groups is 1. The highest BCUT2D eigenvalue weighted by atomic mass is 19.4. The first kappa shape index (κ1) is 25.5. The largest absolute Gasteiger partial charge is 0.417 e. The van der Waals surface area contributed by atoms with Crippen molar-refractivity contribution >= 4 is 11.7 Å². The highest BCUT2D eigenvalue weighted by Crippen LogP contribution is 2.30. The summed E-state index contributed by atoms with van der Waals surface area (Å²) in [6, 6.07) is 4.49. The van der Waals surface area contributed by atoms with Crippen molar-refractivity contribution in [2.45, 2.75) is 45.2 Å². The molecule has 4 rings (SSSR count). The van der Waals surface area contributed by atoms with Crippen LogP contribution >= 0.6 is 0 Å². The first-order chi connectivity index (χ1) is 17.0. The summed E-state index contributed by atoms with van der Waals surface area (Å²) in [7, 11) is 1.71. The molecule has 1 fully saturated rings. The minimum absolute atomic E-state index is 0.174. The fourth-order valence-corrected chi connectivity index (χ4v) is 4.28. The summed E-state index contributed by atoms with van der Waals surface area (Å²) in [4.78, 5) is 23.4. The van der Waals surface area contributed by atoms with Crippen molar-refractivity contribution < 1.29 is 27.1 Å². The molecule has 0 radical (unpaired) electrons. The molecule has 1 amide bonds. The number of nitrogens with one attached hydrogen (secondary N) is 1. The van der Waals surface area contributed by atoms with Gasteiger partial charge in [0.15, 0.2) is 5.69 Å². The van der Waals surface area contributed by atoms with Gasteiger partial charge in [0.05, 0.1) is 41.3 Å². The number of carbonyl (C=O) groups excluding carboxylic acids is 1. The summed E-state index contributed by atoms with van der Waals surface area (Å²) in [6.45, 7) is 5.94. The van der Waals surface area contributed by atoms with Crippen molar-refractivity contribution in [1.29, 1.82) is 0 Å². The van der Waals surface area contributed by atoms with E-state index in [-0.39, 0.29) is 42.7 Å². The smallest absolute Gasteiger partial charge is 0.372 e. The number of morpholine rings is 1. The average molecular weight is 507 g/mol. The van der Waals surface area contributed by atoms with Crippen LogP contribution in [0.25, 0.3) is 11.3 Å². The van der Waals surface area contributed by atoms with Crippen LogP contribution in [0.1, 0.15) is 35.6 Å². The quantitative estimate of drug-likeness (QED) is 0.525. The zero-order valence-corrected chi connectivity index (χ0v) is 20.2. The number of anilines is 1. The summed E-state index contributed by atoms with van der Waals surface area (Å²) >= 11 is 0. The summed E-state index contributed by atoms with van der Waals surface area (Å²) in [6.07, 6.45) is -3.27. The van der Waals surface area contributed by atoms with E-state index in [0.717, 1.165) is 18.5 Å². The van der Waals surface area contributed by atoms with Gasteiger partial charge in [0.1, 0.15) is 11.6 Å². The van der Waals surface area contributed by atoms with Gasteiger partial charge >= 0.3 is 6.18 Å². The molecule has 1 saturated heterocycles. The second-order valence-corrected chi connectivity index (χ2v) is 8.78. The third-order valence-corrected chi connectivity index (χ3v) is 6.21. The number of alkyl halides is 3. The molecular weight excluding hydrogens is 480 g/mol. The minimum Gasteiger partial charge on any atom is -0.372 e. The minimum atomic E-state index is -4.48. The van der Waals surface area contributed by atoms with Crippen LogP contribution < -0.4 is 5.32 Å². The van der Waals surface area contributed by atoms with Gasteiger partial charge in [0, 0.05) is 32.0 Å². The van der Waals surface area contributed by atoms with Crippen molar-refractivity contribution in [3.05, 3.63) is 59.4 Å². The molecule has 8 nitrogen and oxygen atoms in total. The third-order valence-electron chi connectivity index (χ3n) is 6.21. The molecule has 0 bridgehead atoms. The van der Waals surface area contributed by atoms with Crippen LogP contribution in [0.4, 0.5) is 23.4 Å². The predicted octanol–water partition coefficient (Wildman–Crippen LogP) is 4.07. The number of pyridine rings is 2. The van der Waals surface area contributed by atoms with Crippen molar-refractivity contribution in [3.8, 4) is 11.3 Å². The van der Waals surface area contributed by atoms with Gasteiger partial charge in [0.25, 0.3) is 5.91 Å². The van der Waals surface area contributed by atoms with Crippen molar-refractivity contribution in [2.75, 3.05) is 18.4 Å². The Morgan fingerprint density at radius 2 is 1.92 bits per heavy atom. The molecule has 36 heavy (non-hydrogen) atoms. The van der Waals surface area contributed by atoms with E-state index in [0.29, 0.717) is 17.0 Å². The molecule has 192 valence electrons. The van der Waals surface area contributed by atoms with Crippen LogP contribution in [-0.4, -0.2) is 61.9 Å². The van der Waals surface area contributed by atoms with E-state index in [1.54, 1.807) is 23.6 Å². The average Bonchev–Trinajstić information content (AvgIpc) is 3.12. The van der Waals surface area contributed by atoms with Crippen LogP contribution in [0, 0.1) is 12.7 Å². The predicted molar refractivity (Wildman–Crippen MR) is 124 cm³/mol. The van der Waals surface area contributed by atoms with E-state index < -0.39 is 23.6 Å². The van der Waals surface area contributed by atoms with Crippen LogP contribution in [0.2, 0.25) is 0 Å². The zero-order chi connectivity index (χ0) is 26.2. The van der Waals surface area contributed by atoms with Gasteiger partial charge in [0.2, 0.25) is 0 Å². The van der Waals surface area contributed by atoms with Gasteiger partial charge in [-0.05, 0) is 45.0 Å². The summed E-state index contributed by atoms with van der Waals surface area (Å²) in [5.41, 5.74) is 0.942. The number of hydrogen-bond acceptors (Lipinski definition) is 6. The van der Waals surface area contributed by atoms with Gasteiger partial charge in [-0.25, -0.2) is 9.37 Å². The maximum Gasteiger partial charge on any atom is 0.417 e. The van der Waals surface area contributed by atoms with E-state index in [9.17, 15) is 22.4 Å². The Hall–Kier alpha value is -3.54. The number of ether oxygens (including phenoxy) is 1. The molecule has 0 spiro atoms. The standard InChI is InChI=1S/C24H26F4N6O2/c1-13-12-34(19(15(3)36-13)11-31-20-8-5-16(9-30-20)24(26,27)28)23(35)22-21(14(2)33(4)32-22)18-7-6-17(25)10-29-18/h5-10,13,15,19H,11-12H2,1-4H3,(H,30,31)/t13-,15+,19-/m1/s1. The highest BCUT2D eigenvalue weighted by Gasteiger charge is 2.38. The summed E-state index contributed by atoms with van der Waals surface area (Å²) in [5.74, 6) is -0.605. The third kappa shape index (κ3) is 5.18. The SMILES string of the molecule is Cc1c(-c2ccc(F)cn2)c(C(=O)N2C[C@@H](C)O[C@@H](C)[C@H]2CNc2ccc(C(F)(F)F)cn2)nn1C. The van der Waals surface area contributed by atoms with Gasteiger partial charge in [-0.15, -0.1) is 0 Å². The first-order valence-corrected chi connectivity index (χ1v) is 11.3. The topological polar surface area (TPSA) is 85.2 Å². The molecule has 1 aliphatic heterocycles. The number of halogens is 4. The van der Waals surface area contributed by atoms with Gasteiger partial charge in [-0.1, -0.05) is 0 Å². The Morgan fingerprint density at radius 3 is 2.53 bits per heavy atom. The lowest BCUT2D eigenvalue weighted by Gasteiger charge is -2.42. The number of hydrogen-bond donors (Lipinski definition) is 1. The lowest BCUT2D eigenvalue weighted by atomic mass is 10.0. The van der Waals surface area contributed by atoms with Crippen LogP contribution in [0.3, 0.4) is 0 Å². The monoisotopic (exact) mass is 506 g/mol. The van der Waals surface area contributed by atoms with E-state index in [1.807, 2.05) is 13.8 Å². The Balaban J connectivity index is 1.61. The second kappa shape index (κ2) is 9.84. The number of rotatable bonds is 5. The molecule has 1 N–H and O–H groups in total. The summed E-state index contributed by atoms with van der Waals surface area (Å²) in [5, 5.41) is 7.44. The molecule has 3 aromatic rings. The molecule has 0 aliphatic carbocycles. The van der Waals surface area contributed by atoms with Crippen molar-refractivity contribution in [2.24, 2.45) is 7.05 Å². The van der Waals surface area contributed by atoms with Crippen molar-refractivity contribution in [1.82, 2.24) is 24.6 Å². The maximum absolute atomic E-state index is 13.8. The van der Waals surface area contributed by atoms with Gasteiger partial charge < -0.3 is 15.0 Å². The molecule has 12 heteroatoms.